The molecular weight excluding hydrogens is 526 g/mol. The van der Waals surface area contributed by atoms with Crippen molar-refractivity contribution < 1.29 is 19.1 Å². The van der Waals surface area contributed by atoms with Gasteiger partial charge in [0, 0.05) is 23.6 Å². The molecule has 4 aromatic rings. The SMILES string of the molecule is C=CCOc1ccc(C(=O)[C@@H]2[C@@H](C(=O)c3ccccn3)N3C=Cc4ccccc4[C@@H]3[C@]23C(=O)Nc2ccccc23)cc1. The number of anilines is 1. The van der Waals surface area contributed by atoms with E-state index in [9.17, 15) is 14.4 Å². The number of pyridine rings is 1. The average molecular weight is 554 g/mol. The van der Waals surface area contributed by atoms with Crippen molar-refractivity contribution in [1.29, 1.82) is 0 Å². The number of benzene rings is 3. The van der Waals surface area contributed by atoms with E-state index in [1.807, 2.05) is 65.7 Å². The van der Waals surface area contributed by atoms with Gasteiger partial charge in [-0.05, 0) is 65.2 Å². The molecule has 0 radical (unpaired) electrons. The second-order valence-corrected chi connectivity index (χ2v) is 10.7. The molecule has 3 aromatic carbocycles. The molecule has 1 fully saturated rings. The molecule has 1 spiro atoms. The molecule has 1 saturated heterocycles. The summed E-state index contributed by atoms with van der Waals surface area (Å²) in [6, 6.07) is 25.7. The predicted octanol–water partition coefficient (Wildman–Crippen LogP) is 5.63. The summed E-state index contributed by atoms with van der Waals surface area (Å²) in [6.45, 7) is 4.01. The number of carbonyl (C=O) groups is 3. The number of fused-ring (bicyclic) bond motifs is 6. The fourth-order valence-corrected chi connectivity index (χ4v) is 6.88. The fourth-order valence-electron chi connectivity index (χ4n) is 6.88. The lowest BCUT2D eigenvalue weighted by atomic mass is 9.62. The Hall–Kier alpha value is -5.30. The van der Waals surface area contributed by atoms with E-state index < -0.39 is 23.4 Å². The van der Waals surface area contributed by atoms with Gasteiger partial charge in [-0.2, -0.15) is 0 Å². The van der Waals surface area contributed by atoms with E-state index in [-0.39, 0.29) is 23.2 Å². The van der Waals surface area contributed by atoms with Gasteiger partial charge in [0.1, 0.15) is 29.5 Å². The van der Waals surface area contributed by atoms with Crippen LogP contribution in [0, 0.1) is 5.92 Å². The van der Waals surface area contributed by atoms with Crippen molar-refractivity contribution in [3.05, 3.63) is 144 Å². The third-order valence-corrected chi connectivity index (χ3v) is 8.55. The van der Waals surface area contributed by atoms with Gasteiger partial charge in [0.25, 0.3) is 0 Å². The molecule has 3 aliphatic rings. The molecule has 4 atom stereocenters. The molecular formula is C35H27N3O4. The Bertz CT molecular complexity index is 1760. The highest BCUT2D eigenvalue weighted by Gasteiger charge is 2.70. The standard InChI is InChI=1S/C35H27N3O4/c1-2-21-42-24-16-14-23(15-17-24)31(39)29-30(32(40)28-13-7-8-19-36-28)38-20-18-22-9-3-4-10-25(22)33(38)35(29)26-11-5-6-12-27(26)37-34(35)41/h2-20,29-30,33H,1,21H2,(H,37,41)/t29-,30-,33+,35+/m0/s1. The van der Waals surface area contributed by atoms with Gasteiger partial charge >= 0.3 is 0 Å². The number of rotatable bonds is 7. The largest absolute Gasteiger partial charge is 0.490 e. The van der Waals surface area contributed by atoms with Gasteiger partial charge in [0.15, 0.2) is 5.78 Å². The summed E-state index contributed by atoms with van der Waals surface area (Å²) in [7, 11) is 0. The summed E-state index contributed by atoms with van der Waals surface area (Å²) < 4.78 is 5.63. The van der Waals surface area contributed by atoms with E-state index in [1.165, 1.54) is 0 Å². The van der Waals surface area contributed by atoms with Gasteiger partial charge in [-0.3, -0.25) is 19.4 Å². The monoisotopic (exact) mass is 553 g/mol. The van der Waals surface area contributed by atoms with Gasteiger partial charge in [0.2, 0.25) is 11.7 Å². The molecule has 0 unspecified atom stereocenters. The van der Waals surface area contributed by atoms with Crippen molar-refractivity contribution >= 4 is 29.2 Å². The molecule has 0 saturated carbocycles. The zero-order valence-corrected chi connectivity index (χ0v) is 22.6. The van der Waals surface area contributed by atoms with E-state index >= 15 is 0 Å². The average Bonchev–Trinajstić information content (AvgIpc) is 3.52. The molecule has 7 heteroatoms. The first-order valence-corrected chi connectivity index (χ1v) is 13.8. The lowest BCUT2D eigenvalue weighted by molar-refractivity contribution is -0.122. The Morgan fingerprint density at radius 1 is 0.952 bits per heavy atom. The maximum absolute atomic E-state index is 14.8. The van der Waals surface area contributed by atoms with Crippen molar-refractivity contribution in [2.24, 2.45) is 5.92 Å². The van der Waals surface area contributed by atoms with Gasteiger partial charge in [-0.25, -0.2) is 0 Å². The number of hydrogen-bond donors (Lipinski definition) is 1. The van der Waals surface area contributed by atoms with Crippen LogP contribution in [-0.4, -0.2) is 40.0 Å². The Labute approximate surface area is 243 Å². The topological polar surface area (TPSA) is 88.6 Å². The number of carbonyl (C=O) groups excluding carboxylic acids is 3. The lowest BCUT2D eigenvalue weighted by Gasteiger charge is -2.38. The molecule has 1 aromatic heterocycles. The van der Waals surface area contributed by atoms with E-state index in [1.54, 1.807) is 54.7 Å². The second-order valence-electron chi connectivity index (χ2n) is 10.7. The second kappa shape index (κ2) is 9.96. The van der Waals surface area contributed by atoms with E-state index in [0.29, 0.717) is 29.2 Å². The Balaban J connectivity index is 1.48. The quantitative estimate of drug-likeness (QED) is 0.236. The normalized spacial score (nSPS) is 23.1. The number of para-hydroxylation sites is 1. The van der Waals surface area contributed by atoms with Crippen LogP contribution in [0.2, 0.25) is 0 Å². The van der Waals surface area contributed by atoms with Crippen molar-refractivity contribution in [1.82, 2.24) is 9.88 Å². The smallest absolute Gasteiger partial charge is 0.238 e. The Kier molecular flexibility index (Phi) is 6.08. The minimum absolute atomic E-state index is 0.239. The first kappa shape index (κ1) is 25.7. The summed E-state index contributed by atoms with van der Waals surface area (Å²) in [5, 5.41) is 3.06. The van der Waals surface area contributed by atoms with Gasteiger partial charge < -0.3 is 15.0 Å². The maximum Gasteiger partial charge on any atom is 0.238 e. The fraction of sp³-hybridized carbons (Fsp3) is 0.143. The zero-order chi connectivity index (χ0) is 28.8. The minimum atomic E-state index is -1.39. The Morgan fingerprint density at radius 2 is 1.71 bits per heavy atom. The van der Waals surface area contributed by atoms with Gasteiger partial charge in [-0.1, -0.05) is 61.2 Å². The van der Waals surface area contributed by atoms with Crippen molar-refractivity contribution in [2.75, 3.05) is 11.9 Å². The number of ketones is 2. The highest BCUT2D eigenvalue weighted by Crippen LogP contribution is 2.62. The molecule has 4 heterocycles. The molecule has 42 heavy (non-hydrogen) atoms. The van der Waals surface area contributed by atoms with Crippen LogP contribution >= 0.6 is 0 Å². The van der Waals surface area contributed by atoms with Crippen LogP contribution in [0.15, 0.2) is 116 Å². The molecule has 3 aliphatic heterocycles. The van der Waals surface area contributed by atoms with E-state index in [0.717, 1.165) is 11.1 Å². The summed E-state index contributed by atoms with van der Waals surface area (Å²) in [5.41, 5.74) is 2.41. The van der Waals surface area contributed by atoms with Crippen molar-refractivity contribution in [3.63, 3.8) is 0 Å². The van der Waals surface area contributed by atoms with Crippen LogP contribution in [-0.2, 0) is 10.2 Å². The third-order valence-electron chi connectivity index (χ3n) is 8.55. The molecule has 1 amide bonds. The molecule has 0 bridgehead atoms. The number of nitrogens with zero attached hydrogens (tertiary/aromatic N) is 2. The first-order valence-electron chi connectivity index (χ1n) is 13.8. The maximum atomic E-state index is 14.8. The van der Waals surface area contributed by atoms with Crippen LogP contribution in [0.3, 0.4) is 0 Å². The minimum Gasteiger partial charge on any atom is -0.490 e. The van der Waals surface area contributed by atoms with Crippen LogP contribution in [0.4, 0.5) is 5.69 Å². The van der Waals surface area contributed by atoms with Crippen molar-refractivity contribution in [3.8, 4) is 5.75 Å². The molecule has 0 aliphatic carbocycles. The Morgan fingerprint density at radius 3 is 2.50 bits per heavy atom. The van der Waals surface area contributed by atoms with Crippen molar-refractivity contribution in [2.45, 2.75) is 17.5 Å². The molecule has 206 valence electrons. The first-order chi connectivity index (χ1) is 20.6. The number of Topliss-reactive ketones (excluding diaryl/α,β-unsaturated/α-hetero) is 2. The summed E-state index contributed by atoms with van der Waals surface area (Å²) >= 11 is 0. The molecule has 7 nitrogen and oxygen atoms in total. The van der Waals surface area contributed by atoms with Crippen LogP contribution < -0.4 is 10.1 Å². The van der Waals surface area contributed by atoms with E-state index in [2.05, 4.69) is 16.9 Å². The molecule has 7 rings (SSSR count). The summed E-state index contributed by atoms with van der Waals surface area (Å²) in [6.07, 6.45) is 7.00. The number of nitrogens with one attached hydrogen (secondary N) is 1. The zero-order valence-electron chi connectivity index (χ0n) is 22.6. The van der Waals surface area contributed by atoms with E-state index in [4.69, 9.17) is 4.74 Å². The molecule has 1 N–H and O–H groups in total. The highest BCUT2D eigenvalue weighted by atomic mass is 16.5. The summed E-state index contributed by atoms with van der Waals surface area (Å²) in [4.78, 5) is 50.0. The summed E-state index contributed by atoms with van der Waals surface area (Å²) in [5.74, 6) is -1.39. The highest BCUT2D eigenvalue weighted by molar-refractivity contribution is 6.16. The number of amides is 1. The van der Waals surface area contributed by atoms with Crippen LogP contribution in [0.5, 0.6) is 5.75 Å². The lowest BCUT2D eigenvalue weighted by Crippen LogP contribution is -2.49. The number of ether oxygens (including phenoxy) is 1. The third kappa shape index (κ3) is 3.66. The van der Waals surface area contributed by atoms with Gasteiger partial charge in [-0.15, -0.1) is 0 Å². The van der Waals surface area contributed by atoms with Crippen LogP contribution in [0.1, 0.15) is 43.6 Å². The number of aromatic nitrogens is 1. The van der Waals surface area contributed by atoms with Crippen LogP contribution in [0.25, 0.3) is 6.08 Å². The predicted molar refractivity (Wildman–Crippen MR) is 159 cm³/mol. The number of hydrogen-bond acceptors (Lipinski definition) is 6. The van der Waals surface area contributed by atoms with Gasteiger partial charge in [0.05, 0.1) is 12.0 Å².